The van der Waals surface area contributed by atoms with E-state index in [2.05, 4.69) is 0 Å². The van der Waals surface area contributed by atoms with Crippen LogP contribution in [0.1, 0.15) is 22.8 Å². The van der Waals surface area contributed by atoms with Crippen molar-refractivity contribution in [1.29, 1.82) is 0 Å². The molecule has 1 heterocycles. The molecule has 3 rings (SSSR count). The Hall–Kier alpha value is -2.30. The molecule has 1 amide bonds. The molecule has 0 aliphatic carbocycles. The summed E-state index contributed by atoms with van der Waals surface area (Å²) in [5.74, 6) is -0.381. The van der Waals surface area contributed by atoms with E-state index in [-0.39, 0.29) is 11.5 Å². The van der Waals surface area contributed by atoms with E-state index < -0.39 is 5.63 Å². The van der Waals surface area contributed by atoms with Crippen molar-refractivity contribution in [3.8, 4) is 0 Å². The van der Waals surface area contributed by atoms with Crippen molar-refractivity contribution in [3.05, 3.63) is 80.1 Å². The average Bonchev–Trinajstić information content (AvgIpc) is 2.61. The van der Waals surface area contributed by atoms with Gasteiger partial charge in [0.05, 0.1) is 10.0 Å². The maximum Gasteiger partial charge on any atom is 0.349 e. The molecule has 3 aromatic rings. The molecule has 0 saturated heterocycles. The molecule has 0 atom stereocenters. The van der Waals surface area contributed by atoms with Crippen LogP contribution < -0.4 is 5.63 Å². The van der Waals surface area contributed by atoms with Crippen LogP contribution in [0.25, 0.3) is 11.0 Å². The first-order chi connectivity index (χ1) is 12.0. The molecule has 0 unspecified atom stereocenters. The molecule has 0 aliphatic heterocycles. The van der Waals surface area contributed by atoms with E-state index in [0.29, 0.717) is 34.1 Å². The lowest BCUT2D eigenvalue weighted by atomic mass is 10.1. The first-order valence-electron chi connectivity index (χ1n) is 7.75. The van der Waals surface area contributed by atoms with Gasteiger partial charge >= 0.3 is 5.63 Å². The zero-order valence-corrected chi connectivity index (χ0v) is 15.0. The number of para-hydroxylation sites is 1. The van der Waals surface area contributed by atoms with Crippen molar-refractivity contribution in [1.82, 2.24) is 4.90 Å². The molecular weight excluding hydrogens is 361 g/mol. The molecule has 6 heteroatoms. The quantitative estimate of drug-likeness (QED) is 0.617. The number of rotatable bonds is 4. The number of amides is 1. The van der Waals surface area contributed by atoms with Gasteiger partial charge in [0.2, 0.25) is 0 Å². The fraction of sp³-hybridized carbons (Fsp3) is 0.158. The highest BCUT2D eigenvalue weighted by Gasteiger charge is 2.20. The van der Waals surface area contributed by atoms with Crippen LogP contribution in [0.2, 0.25) is 10.0 Å². The van der Waals surface area contributed by atoms with E-state index >= 15 is 0 Å². The van der Waals surface area contributed by atoms with Gasteiger partial charge in [-0.25, -0.2) is 4.79 Å². The van der Waals surface area contributed by atoms with Crippen LogP contribution >= 0.6 is 23.2 Å². The standard InChI is InChI=1S/C19H15Cl2NO3/c1-2-22(11-12-7-8-15(20)16(21)9-12)18(23)14-10-13-5-3-4-6-17(13)25-19(14)24/h3-10H,2,11H2,1H3. The molecule has 2 aromatic carbocycles. The monoisotopic (exact) mass is 375 g/mol. The van der Waals surface area contributed by atoms with Crippen LogP contribution in [-0.2, 0) is 6.54 Å². The van der Waals surface area contributed by atoms with Crippen LogP contribution in [0.5, 0.6) is 0 Å². The van der Waals surface area contributed by atoms with Crippen LogP contribution in [0.15, 0.2) is 57.7 Å². The second kappa shape index (κ2) is 7.30. The fourth-order valence-corrected chi connectivity index (χ4v) is 2.89. The molecular formula is C19H15Cl2NO3. The minimum atomic E-state index is -0.642. The number of hydrogen-bond acceptors (Lipinski definition) is 3. The normalized spacial score (nSPS) is 10.8. The van der Waals surface area contributed by atoms with Crippen molar-refractivity contribution < 1.29 is 9.21 Å². The Labute approximate surface area is 154 Å². The number of carbonyl (C=O) groups excluding carboxylic acids is 1. The lowest BCUT2D eigenvalue weighted by molar-refractivity contribution is 0.0748. The van der Waals surface area contributed by atoms with Gasteiger partial charge in [0.25, 0.3) is 5.91 Å². The van der Waals surface area contributed by atoms with Crippen molar-refractivity contribution in [2.45, 2.75) is 13.5 Å². The Morgan fingerprint density at radius 2 is 1.84 bits per heavy atom. The third-order valence-electron chi connectivity index (χ3n) is 3.90. The zero-order chi connectivity index (χ0) is 18.0. The summed E-state index contributed by atoms with van der Waals surface area (Å²) < 4.78 is 5.25. The number of halogens is 2. The molecule has 0 radical (unpaired) electrons. The summed E-state index contributed by atoms with van der Waals surface area (Å²) in [5.41, 5.74) is 0.656. The molecule has 4 nitrogen and oxygen atoms in total. The molecule has 0 saturated carbocycles. The summed E-state index contributed by atoms with van der Waals surface area (Å²) in [6, 6.07) is 13.8. The highest BCUT2D eigenvalue weighted by Crippen LogP contribution is 2.23. The van der Waals surface area contributed by atoms with Gasteiger partial charge in [-0.2, -0.15) is 0 Å². The Morgan fingerprint density at radius 3 is 2.56 bits per heavy atom. The molecule has 0 bridgehead atoms. The topological polar surface area (TPSA) is 50.5 Å². The lowest BCUT2D eigenvalue weighted by Crippen LogP contribution is -2.33. The molecule has 0 N–H and O–H groups in total. The maximum atomic E-state index is 12.8. The Morgan fingerprint density at radius 1 is 1.08 bits per heavy atom. The van der Waals surface area contributed by atoms with E-state index in [1.165, 1.54) is 0 Å². The zero-order valence-electron chi connectivity index (χ0n) is 13.5. The lowest BCUT2D eigenvalue weighted by Gasteiger charge is -2.21. The molecule has 128 valence electrons. The van der Waals surface area contributed by atoms with E-state index in [1.54, 1.807) is 47.4 Å². The minimum absolute atomic E-state index is 0.0145. The smallest absolute Gasteiger partial charge is 0.349 e. The predicted octanol–water partition coefficient (Wildman–Crippen LogP) is 4.76. The van der Waals surface area contributed by atoms with Crippen LogP contribution in [0.3, 0.4) is 0 Å². The summed E-state index contributed by atoms with van der Waals surface area (Å²) in [7, 11) is 0. The Bertz CT molecular complexity index is 997. The average molecular weight is 376 g/mol. The van der Waals surface area contributed by atoms with Crippen LogP contribution in [-0.4, -0.2) is 17.4 Å². The van der Waals surface area contributed by atoms with Gasteiger partial charge < -0.3 is 9.32 Å². The molecule has 0 fully saturated rings. The van der Waals surface area contributed by atoms with Crippen molar-refractivity contribution in [2.75, 3.05) is 6.54 Å². The first-order valence-corrected chi connectivity index (χ1v) is 8.51. The molecule has 0 spiro atoms. The Balaban J connectivity index is 1.93. The number of nitrogens with zero attached hydrogens (tertiary/aromatic N) is 1. The largest absolute Gasteiger partial charge is 0.422 e. The summed E-state index contributed by atoms with van der Waals surface area (Å²) in [6.45, 7) is 2.60. The molecule has 1 aromatic heterocycles. The number of fused-ring (bicyclic) bond motifs is 1. The summed E-state index contributed by atoms with van der Waals surface area (Å²) in [5, 5.41) is 1.58. The fourth-order valence-electron chi connectivity index (χ4n) is 2.57. The number of hydrogen-bond donors (Lipinski definition) is 0. The molecule has 0 aliphatic rings. The van der Waals surface area contributed by atoms with E-state index in [0.717, 1.165) is 5.56 Å². The Kier molecular flexibility index (Phi) is 5.11. The van der Waals surface area contributed by atoms with E-state index in [1.807, 2.05) is 13.0 Å². The van der Waals surface area contributed by atoms with Gasteiger partial charge in [-0.05, 0) is 36.8 Å². The predicted molar refractivity (Wildman–Crippen MR) is 99.4 cm³/mol. The van der Waals surface area contributed by atoms with Gasteiger partial charge in [-0.15, -0.1) is 0 Å². The third kappa shape index (κ3) is 3.70. The SMILES string of the molecule is CCN(Cc1ccc(Cl)c(Cl)c1)C(=O)c1cc2ccccc2oc1=O. The maximum absolute atomic E-state index is 12.8. The van der Waals surface area contributed by atoms with Gasteiger partial charge in [-0.1, -0.05) is 47.5 Å². The van der Waals surface area contributed by atoms with Crippen molar-refractivity contribution in [2.24, 2.45) is 0 Å². The van der Waals surface area contributed by atoms with E-state index in [9.17, 15) is 9.59 Å². The number of benzene rings is 2. The van der Waals surface area contributed by atoms with Crippen LogP contribution in [0, 0.1) is 0 Å². The van der Waals surface area contributed by atoms with Gasteiger partial charge in [-0.3, -0.25) is 4.79 Å². The van der Waals surface area contributed by atoms with Crippen molar-refractivity contribution in [3.63, 3.8) is 0 Å². The minimum Gasteiger partial charge on any atom is -0.422 e. The van der Waals surface area contributed by atoms with Gasteiger partial charge in [0.15, 0.2) is 0 Å². The first kappa shape index (κ1) is 17.5. The number of carbonyl (C=O) groups is 1. The summed E-state index contributed by atoms with van der Waals surface area (Å²) >= 11 is 11.9. The van der Waals surface area contributed by atoms with Crippen molar-refractivity contribution >= 4 is 40.1 Å². The summed E-state index contributed by atoms with van der Waals surface area (Å²) in [4.78, 5) is 26.6. The highest BCUT2D eigenvalue weighted by molar-refractivity contribution is 6.42. The highest BCUT2D eigenvalue weighted by atomic mass is 35.5. The third-order valence-corrected chi connectivity index (χ3v) is 4.64. The summed E-state index contributed by atoms with van der Waals surface area (Å²) in [6.07, 6.45) is 0. The second-order valence-electron chi connectivity index (χ2n) is 5.55. The van der Waals surface area contributed by atoms with Crippen LogP contribution in [0.4, 0.5) is 0 Å². The van der Waals surface area contributed by atoms with Gasteiger partial charge in [0.1, 0.15) is 11.1 Å². The second-order valence-corrected chi connectivity index (χ2v) is 6.37. The molecule has 25 heavy (non-hydrogen) atoms. The van der Waals surface area contributed by atoms with Gasteiger partial charge in [0, 0.05) is 18.5 Å². The van der Waals surface area contributed by atoms with E-state index in [4.69, 9.17) is 27.6 Å².